The number of rotatable bonds is 7. The van der Waals surface area contributed by atoms with E-state index in [1.165, 1.54) is 11.3 Å². The van der Waals surface area contributed by atoms with E-state index in [0.29, 0.717) is 10.7 Å². The molecule has 3 rings (SSSR count). The van der Waals surface area contributed by atoms with Crippen LogP contribution in [0.2, 0.25) is 0 Å². The van der Waals surface area contributed by atoms with E-state index in [1.807, 2.05) is 37.3 Å². The molecule has 0 aliphatic carbocycles. The minimum Gasteiger partial charge on any atom is -0.497 e. The third-order valence-electron chi connectivity index (χ3n) is 4.31. The van der Waals surface area contributed by atoms with Crippen LogP contribution in [0, 0.1) is 6.92 Å². The first-order valence-corrected chi connectivity index (χ1v) is 10.1. The van der Waals surface area contributed by atoms with E-state index < -0.39 is 0 Å². The highest BCUT2D eigenvalue weighted by Gasteiger charge is 2.16. The third-order valence-corrected chi connectivity index (χ3v) is 5.20. The maximum absolute atomic E-state index is 12.4. The van der Waals surface area contributed by atoms with Crippen molar-refractivity contribution < 1.29 is 14.3 Å². The summed E-state index contributed by atoms with van der Waals surface area (Å²) in [6.45, 7) is 3.77. The summed E-state index contributed by atoms with van der Waals surface area (Å²) in [7, 11) is 1.63. The van der Waals surface area contributed by atoms with E-state index in [-0.39, 0.29) is 24.3 Å². The highest BCUT2D eigenvalue weighted by molar-refractivity contribution is 7.16. The molecule has 0 saturated carbocycles. The van der Waals surface area contributed by atoms with Gasteiger partial charge in [0, 0.05) is 28.5 Å². The molecule has 0 aliphatic heterocycles. The summed E-state index contributed by atoms with van der Waals surface area (Å²) < 4.78 is 5.18. The van der Waals surface area contributed by atoms with Gasteiger partial charge in [-0.2, -0.15) is 0 Å². The number of anilines is 1. The van der Waals surface area contributed by atoms with Crippen molar-refractivity contribution in [1.82, 2.24) is 10.3 Å². The molecule has 0 saturated heterocycles. The van der Waals surface area contributed by atoms with Crippen molar-refractivity contribution in [3.8, 4) is 17.0 Å². The number of carbonyl (C=O) groups excluding carboxylic acids is 2. The van der Waals surface area contributed by atoms with Gasteiger partial charge in [0.1, 0.15) is 5.75 Å². The number of aryl methyl sites for hydroxylation is 1. The molecule has 0 aliphatic rings. The molecule has 1 aromatic heterocycles. The van der Waals surface area contributed by atoms with E-state index in [4.69, 9.17) is 4.74 Å². The minimum atomic E-state index is -0.301. The van der Waals surface area contributed by atoms with Crippen LogP contribution in [0.3, 0.4) is 0 Å². The average molecular weight is 410 g/mol. The van der Waals surface area contributed by atoms with Gasteiger partial charge < -0.3 is 15.4 Å². The van der Waals surface area contributed by atoms with Gasteiger partial charge in [-0.15, -0.1) is 11.3 Å². The quantitative estimate of drug-likeness (QED) is 0.611. The van der Waals surface area contributed by atoms with Crippen LogP contribution in [-0.4, -0.2) is 29.9 Å². The zero-order chi connectivity index (χ0) is 20.8. The summed E-state index contributed by atoms with van der Waals surface area (Å²) in [6, 6.07) is 16.3. The number of aromatic nitrogens is 1. The van der Waals surface area contributed by atoms with Crippen molar-refractivity contribution in [2.45, 2.75) is 26.3 Å². The zero-order valence-corrected chi connectivity index (χ0v) is 17.4. The molecular formula is C22H23N3O3S. The molecule has 1 heterocycles. The molecule has 0 bridgehead atoms. The molecule has 0 radical (unpaired) electrons. The summed E-state index contributed by atoms with van der Waals surface area (Å²) in [6.07, 6.45) is 0.162. The highest BCUT2D eigenvalue weighted by atomic mass is 32.1. The van der Waals surface area contributed by atoms with E-state index in [2.05, 4.69) is 15.6 Å². The van der Waals surface area contributed by atoms with Gasteiger partial charge in [-0.05, 0) is 50.2 Å². The van der Waals surface area contributed by atoms with Crippen molar-refractivity contribution in [2.24, 2.45) is 0 Å². The van der Waals surface area contributed by atoms with Crippen molar-refractivity contribution in [2.75, 3.05) is 12.4 Å². The number of carbonyl (C=O) groups is 2. The van der Waals surface area contributed by atoms with Crippen molar-refractivity contribution in [3.63, 3.8) is 0 Å². The molecule has 3 aromatic rings. The SMILES string of the molecule is COc1ccc(-c2nc(NC(=O)CC(C)NC(=O)c3ccccc3)sc2C)cc1. The molecule has 29 heavy (non-hydrogen) atoms. The number of hydrogen-bond acceptors (Lipinski definition) is 5. The number of benzene rings is 2. The van der Waals surface area contributed by atoms with Crippen LogP contribution in [0.15, 0.2) is 54.6 Å². The Morgan fingerprint density at radius 1 is 1.10 bits per heavy atom. The van der Waals surface area contributed by atoms with Gasteiger partial charge in [-0.25, -0.2) is 4.98 Å². The van der Waals surface area contributed by atoms with Crippen LogP contribution in [0.5, 0.6) is 5.75 Å². The topological polar surface area (TPSA) is 80.3 Å². The van der Waals surface area contributed by atoms with Gasteiger partial charge in [-0.3, -0.25) is 9.59 Å². The van der Waals surface area contributed by atoms with Gasteiger partial charge in [0.15, 0.2) is 5.13 Å². The standard InChI is InChI=1S/C22H23N3O3S/c1-14(23-21(27)17-7-5-4-6-8-17)13-19(26)24-22-25-20(15(2)29-22)16-9-11-18(28-3)12-10-16/h4-12,14H,13H2,1-3H3,(H,23,27)(H,24,25,26). The van der Waals surface area contributed by atoms with Gasteiger partial charge in [-0.1, -0.05) is 18.2 Å². The van der Waals surface area contributed by atoms with Crippen LogP contribution >= 0.6 is 11.3 Å². The van der Waals surface area contributed by atoms with Crippen LogP contribution in [0.1, 0.15) is 28.6 Å². The fourth-order valence-electron chi connectivity index (χ4n) is 2.86. The number of ether oxygens (including phenoxy) is 1. The number of hydrogen-bond donors (Lipinski definition) is 2. The molecule has 2 aromatic carbocycles. The Hall–Kier alpha value is -3.19. The van der Waals surface area contributed by atoms with Crippen molar-refractivity contribution in [1.29, 1.82) is 0 Å². The Bertz CT molecular complexity index is 984. The Morgan fingerprint density at radius 2 is 1.79 bits per heavy atom. The molecule has 6 nitrogen and oxygen atoms in total. The first-order chi connectivity index (χ1) is 14.0. The molecular weight excluding hydrogens is 386 g/mol. The summed E-state index contributed by atoms with van der Waals surface area (Å²) in [5.41, 5.74) is 2.36. The summed E-state index contributed by atoms with van der Waals surface area (Å²) in [5, 5.41) is 6.21. The Balaban J connectivity index is 1.58. The van der Waals surface area contributed by atoms with Gasteiger partial charge >= 0.3 is 0 Å². The van der Waals surface area contributed by atoms with Crippen LogP contribution in [0.4, 0.5) is 5.13 Å². The summed E-state index contributed by atoms with van der Waals surface area (Å²) >= 11 is 1.42. The predicted molar refractivity (Wildman–Crippen MR) is 115 cm³/mol. The lowest BCUT2D eigenvalue weighted by atomic mass is 10.1. The average Bonchev–Trinajstić information content (AvgIpc) is 3.08. The zero-order valence-electron chi connectivity index (χ0n) is 16.6. The second-order valence-electron chi connectivity index (χ2n) is 6.65. The smallest absolute Gasteiger partial charge is 0.251 e. The molecule has 7 heteroatoms. The molecule has 1 unspecified atom stereocenters. The fraction of sp³-hybridized carbons (Fsp3) is 0.227. The second-order valence-corrected chi connectivity index (χ2v) is 7.85. The number of nitrogens with zero attached hydrogens (tertiary/aromatic N) is 1. The van der Waals surface area contributed by atoms with E-state index in [1.54, 1.807) is 38.3 Å². The minimum absolute atomic E-state index is 0.162. The summed E-state index contributed by atoms with van der Waals surface area (Å²) in [5.74, 6) is 0.389. The largest absolute Gasteiger partial charge is 0.497 e. The first-order valence-electron chi connectivity index (χ1n) is 9.24. The van der Waals surface area contributed by atoms with E-state index in [9.17, 15) is 9.59 Å². The number of thiazole rings is 1. The highest BCUT2D eigenvalue weighted by Crippen LogP contribution is 2.31. The number of amides is 2. The fourth-order valence-corrected chi connectivity index (χ4v) is 3.71. The van der Waals surface area contributed by atoms with Crippen molar-refractivity contribution in [3.05, 3.63) is 65.0 Å². The number of nitrogens with one attached hydrogen (secondary N) is 2. The van der Waals surface area contributed by atoms with Gasteiger partial charge in [0.25, 0.3) is 5.91 Å². The molecule has 1 atom stereocenters. The van der Waals surface area contributed by atoms with Gasteiger partial charge in [0.05, 0.1) is 12.8 Å². The van der Waals surface area contributed by atoms with Crippen molar-refractivity contribution >= 4 is 28.3 Å². The first kappa shape index (κ1) is 20.5. The van der Waals surface area contributed by atoms with Crippen LogP contribution in [-0.2, 0) is 4.79 Å². The maximum atomic E-state index is 12.4. The monoisotopic (exact) mass is 409 g/mol. The Morgan fingerprint density at radius 3 is 2.45 bits per heavy atom. The summed E-state index contributed by atoms with van der Waals surface area (Å²) in [4.78, 5) is 30.1. The number of methoxy groups -OCH3 is 1. The lowest BCUT2D eigenvalue weighted by Crippen LogP contribution is -2.35. The lowest BCUT2D eigenvalue weighted by molar-refractivity contribution is -0.116. The predicted octanol–water partition coefficient (Wildman–Crippen LogP) is 4.27. The Labute approximate surface area is 173 Å². The molecule has 150 valence electrons. The Kier molecular flexibility index (Phi) is 6.61. The molecule has 2 N–H and O–H groups in total. The van der Waals surface area contributed by atoms with Crippen LogP contribution < -0.4 is 15.4 Å². The normalized spacial score (nSPS) is 11.6. The molecule has 0 spiro atoms. The van der Waals surface area contributed by atoms with Crippen LogP contribution in [0.25, 0.3) is 11.3 Å². The molecule has 0 fully saturated rings. The molecule has 2 amide bonds. The lowest BCUT2D eigenvalue weighted by Gasteiger charge is -2.13. The second kappa shape index (κ2) is 9.34. The third kappa shape index (κ3) is 5.42. The van der Waals surface area contributed by atoms with Gasteiger partial charge in [0.2, 0.25) is 5.91 Å². The maximum Gasteiger partial charge on any atom is 0.251 e. The van der Waals surface area contributed by atoms with E-state index in [0.717, 1.165) is 21.9 Å². The van der Waals surface area contributed by atoms with E-state index >= 15 is 0 Å².